The number of benzene rings is 1. The van der Waals surface area contributed by atoms with Crippen molar-refractivity contribution in [2.75, 3.05) is 0 Å². The van der Waals surface area contributed by atoms with Gasteiger partial charge >= 0.3 is 5.97 Å². The second kappa shape index (κ2) is 4.61. The highest BCUT2D eigenvalue weighted by Gasteiger charge is 2.23. The summed E-state index contributed by atoms with van der Waals surface area (Å²) in [4.78, 5) is 32.6. The molecule has 2 aromatic heterocycles. The van der Waals surface area contributed by atoms with E-state index in [2.05, 4.69) is 15.0 Å². The number of rotatable bonds is 3. The lowest BCUT2D eigenvalue weighted by atomic mass is 10.0. The lowest BCUT2D eigenvalue weighted by Gasteiger charge is -1.98. The van der Waals surface area contributed by atoms with Gasteiger partial charge in [0.1, 0.15) is 5.69 Å². The normalized spacial score (nSPS) is 10.4. The third-order valence-electron chi connectivity index (χ3n) is 3.12. The minimum atomic E-state index is -1.25. The number of carboxylic acids is 1. The van der Waals surface area contributed by atoms with Gasteiger partial charge in [0.2, 0.25) is 5.78 Å². The molecule has 0 aliphatic rings. The van der Waals surface area contributed by atoms with Crippen molar-refractivity contribution in [3.05, 3.63) is 53.2 Å². The van der Waals surface area contributed by atoms with Crippen LogP contribution in [0.25, 0.3) is 10.9 Å². The Balaban J connectivity index is 2.12. The van der Waals surface area contributed by atoms with E-state index in [1.807, 2.05) is 6.07 Å². The number of fused-ring (bicyclic) bond motifs is 1. The van der Waals surface area contributed by atoms with Crippen LogP contribution in [-0.4, -0.2) is 31.8 Å². The first-order valence-corrected chi connectivity index (χ1v) is 5.94. The standard InChI is InChI=1S/C14H8N4O3/c15-4-7-1-2-8-9(5-16-10(8)3-7)13(19)11-12(14(20)21)18-6-17-11/h1-3,5-6,16H,(H,17,18)(H,20,21). The van der Waals surface area contributed by atoms with Crippen LogP contribution in [0, 0.1) is 11.3 Å². The number of nitrogens with one attached hydrogen (secondary N) is 2. The van der Waals surface area contributed by atoms with Gasteiger partial charge < -0.3 is 15.1 Å². The molecule has 3 aromatic rings. The first-order valence-electron chi connectivity index (χ1n) is 5.94. The number of carboxylic acid groups (broad SMARTS) is 1. The molecule has 102 valence electrons. The predicted molar refractivity (Wildman–Crippen MR) is 72.0 cm³/mol. The molecule has 0 spiro atoms. The van der Waals surface area contributed by atoms with Crippen molar-refractivity contribution in [2.45, 2.75) is 0 Å². The van der Waals surface area contributed by atoms with Gasteiger partial charge in [0.25, 0.3) is 0 Å². The summed E-state index contributed by atoms with van der Waals surface area (Å²) < 4.78 is 0. The van der Waals surface area contributed by atoms with E-state index in [0.29, 0.717) is 22.0 Å². The molecule has 21 heavy (non-hydrogen) atoms. The number of carbonyl (C=O) groups excluding carboxylic acids is 1. The monoisotopic (exact) mass is 280 g/mol. The third-order valence-corrected chi connectivity index (χ3v) is 3.12. The van der Waals surface area contributed by atoms with Crippen LogP contribution in [0.4, 0.5) is 0 Å². The van der Waals surface area contributed by atoms with Gasteiger partial charge in [-0.05, 0) is 12.1 Å². The quantitative estimate of drug-likeness (QED) is 0.630. The van der Waals surface area contributed by atoms with E-state index in [9.17, 15) is 9.59 Å². The van der Waals surface area contributed by atoms with Crippen LogP contribution >= 0.6 is 0 Å². The Labute approximate surface area is 117 Å². The Morgan fingerprint density at radius 3 is 2.81 bits per heavy atom. The van der Waals surface area contributed by atoms with Crippen molar-refractivity contribution >= 4 is 22.7 Å². The van der Waals surface area contributed by atoms with Crippen LogP contribution < -0.4 is 0 Å². The van der Waals surface area contributed by atoms with Crippen LogP contribution in [0.1, 0.15) is 32.1 Å². The molecule has 0 saturated heterocycles. The Hall–Kier alpha value is -3.40. The Kier molecular flexibility index (Phi) is 2.77. The number of ketones is 1. The lowest BCUT2D eigenvalue weighted by Crippen LogP contribution is -2.09. The third kappa shape index (κ3) is 1.95. The average Bonchev–Trinajstić information content (AvgIpc) is 3.12. The maximum absolute atomic E-state index is 12.4. The number of nitrogens with zero attached hydrogens (tertiary/aromatic N) is 2. The minimum absolute atomic E-state index is 0.146. The molecule has 0 radical (unpaired) electrons. The predicted octanol–water partition coefficient (Wildman–Crippen LogP) is 1.69. The number of aromatic amines is 2. The number of imidazole rings is 1. The first kappa shape index (κ1) is 12.6. The van der Waals surface area contributed by atoms with Gasteiger partial charge in [-0.2, -0.15) is 5.26 Å². The van der Waals surface area contributed by atoms with E-state index in [-0.39, 0.29) is 11.4 Å². The zero-order chi connectivity index (χ0) is 15.0. The van der Waals surface area contributed by atoms with E-state index in [1.54, 1.807) is 18.2 Å². The maximum atomic E-state index is 12.4. The number of aromatic carboxylic acids is 1. The molecule has 0 saturated carbocycles. The van der Waals surface area contributed by atoms with E-state index in [4.69, 9.17) is 10.4 Å². The zero-order valence-electron chi connectivity index (χ0n) is 10.5. The van der Waals surface area contributed by atoms with Crippen molar-refractivity contribution in [1.82, 2.24) is 15.0 Å². The molecule has 2 heterocycles. The van der Waals surface area contributed by atoms with Crippen molar-refractivity contribution in [1.29, 1.82) is 5.26 Å². The summed E-state index contributed by atoms with van der Waals surface area (Å²) in [6.45, 7) is 0. The van der Waals surface area contributed by atoms with Gasteiger partial charge in [-0.3, -0.25) is 4.79 Å². The van der Waals surface area contributed by atoms with Gasteiger partial charge in [0.05, 0.1) is 18.0 Å². The summed E-state index contributed by atoms with van der Waals surface area (Å²) in [5.41, 5.74) is 1.01. The molecule has 0 fully saturated rings. The second-order valence-electron chi connectivity index (χ2n) is 4.33. The molecule has 0 aliphatic carbocycles. The molecule has 3 rings (SSSR count). The number of H-pyrrole nitrogens is 2. The molecular weight excluding hydrogens is 272 g/mol. The summed E-state index contributed by atoms with van der Waals surface area (Å²) in [6.07, 6.45) is 2.65. The van der Waals surface area contributed by atoms with Gasteiger partial charge in [0.15, 0.2) is 5.69 Å². The molecule has 0 bridgehead atoms. The van der Waals surface area contributed by atoms with Crippen molar-refractivity contribution in [3.8, 4) is 6.07 Å². The Morgan fingerprint density at radius 2 is 2.10 bits per heavy atom. The number of carbonyl (C=O) groups is 2. The molecule has 7 nitrogen and oxygen atoms in total. The molecule has 0 aliphatic heterocycles. The van der Waals surface area contributed by atoms with Crippen LogP contribution in [0.2, 0.25) is 0 Å². The Bertz CT molecular complexity index is 914. The molecule has 0 atom stereocenters. The van der Waals surface area contributed by atoms with Crippen LogP contribution in [0.3, 0.4) is 0 Å². The van der Waals surface area contributed by atoms with Crippen LogP contribution in [0.15, 0.2) is 30.7 Å². The van der Waals surface area contributed by atoms with Crippen molar-refractivity contribution in [3.63, 3.8) is 0 Å². The fourth-order valence-electron chi connectivity index (χ4n) is 2.14. The summed E-state index contributed by atoms with van der Waals surface area (Å²) in [5, 5.41) is 18.5. The van der Waals surface area contributed by atoms with Gasteiger partial charge in [-0.15, -0.1) is 0 Å². The summed E-state index contributed by atoms with van der Waals surface area (Å²) in [5.74, 6) is -1.74. The number of hydrogen-bond donors (Lipinski definition) is 3. The number of aromatic nitrogens is 3. The first-order chi connectivity index (χ1) is 10.1. The van der Waals surface area contributed by atoms with E-state index >= 15 is 0 Å². The molecule has 3 N–H and O–H groups in total. The number of hydrogen-bond acceptors (Lipinski definition) is 4. The van der Waals surface area contributed by atoms with Crippen LogP contribution in [0.5, 0.6) is 0 Å². The van der Waals surface area contributed by atoms with Crippen molar-refractivity contribution in [2.24, 2.45) is 0 Å². The van der Waals surface area contributed by atoms with Crippen molar-refractivity contribution < 1.29 is 14.7 Å². The van der Waals surface area contributed by atoms with E-state index in [1.165, 1.54) is 12.5 Å². The molecule has 0 amide bonds. The highest BCUT2D eigenvalue weighted by atomic mass is 16.4. The molecule has 1 aromatic carbocycles. The maximum Gasteiger partial charge on any atom is 0.354 e. The average molecular weight is 280 g/mol. The summed E-state index contributed by atoms with van der Waals surface area (Å²) in [7, 11) is 0. The fourth-order valence-corrected chi connectivity index (χ4v) is 2.14. The zero-order valence-corrected chi connectivity index (χ0v) is 10.5. The lowest BCUT2D eigenvalue weighted by molar-refractivity contribution is 0.0687. The topological polar surface area (TPSA) is 123 Å². The SMILES string of the molecule is N#Cc1ccc2c(C(=O)c3nc[nH]c3C(=O)O)c[nH]c2c1. The van der Waals surface area contributed by atoms with E-state index < -0.39 is 11.8 Å². The van der Waals surface area contributed by atoms with Gasteiger partial charge in [-0.25, -0.2) is 9.78 Å². The minimum Gasteiger partial charge on any atom is -0.477 e. The Morgan fingerprint density at radius 1 is 1.29 bits per heavy atom. The highest BCUT2D eigenvalue weighted by molar-refractivity contribution is 6.18. The second-order valence-corrected chi connectivity index (χ2v) is 4.33. The molecular formula is C14H8N4O3. The van der Waals surface area contributed by atoms with Gasteiger partial charge in [-0.1, -0.05) is 6.07 Å². The summed E-state index contributed by atoms with van der Waals surface area (Å²) in [6, 6.07) is 6.87. The fraction of sp³-hybridized carbons (Fsp3) is 0. The largest absolute Gasteiger partial charge is 0.477 e. The molecule has 7 heteroatoms. The van der Waals surface area contributed by atoms with Crippen LogP contribution in [-0.2, 0) is 0 Å². The number of nitriles is 1. The van der Waals surface area contributed by atoms with E-state index in [0.717, 1.165) is 0 Å². The smallest absolute Gasteiger partial charge is 0.354 e. The summed E-state index contributed by atoms with van der Waals surface area (Å²) >= 11 is 0. The highest BCUT2D eigenvalue weighted by Crippen LogP contribution is 2.22. The molecule has 0 unspecified atom stereocenters. The van der Waals surface area contributed by atoms with Gasteiger partial charge in [0, 0.05) is 22.7 Å².